The van der Waals surface area contributed by atoms with Crippen LogP contribution in [0.15, 0.2) is 42.7 Å². The fraction of sp³-hybridized carbons (Fsp3) is 0.200. The Kier molecular flexibility index (Phi) is 5.42. The Morgan fingerprint density at radius 3 is 2.86 bits per heavy atom. The second-order valence-corrected chi connectivity index (χ2v) is 5.26. The molecule has 6 heteroatoms. The average Bonchev–Trinajstić information content (AvgIpc) is 2.48. The maximum Gasteiger partial charge on any atom is 0.261 e. The van der Waals surface area contributed by atoms with Gasteiger partial charge in [0.15, 0.2) is 6.10 Å². The SMILES string of the molecule is C[C@H](Oc1ccc(Cl)cc1Cl)C(=O)NCc1cccnc1. The van der Waals surface area contributed by atoms with E-state index >= 15 is 0 Å². The van der Waals surface area contributed by atoms with E-state index in [9.17, 15) is 4.79 Å². The third-order valence-corrected chi connectivity index (χ3v) is 3.29. The number of amides is 1. The average molecular weight is 325 g/mol. The summed E-state index contributed by atoms with van der Waals surface area (Å²) in [7, 11) is 0. The van der Waals surface area contributed by atoms with Gasteiger partial charge in [-0.1, -0.05) is 29.3 Å². The van der Waals surface area contributed by atoms with Crippen molar-refractivity contribution in [3.05, 3.63) is 58.3 Å². The van der Waals surface area contributed by atoms with Crippen molar-refractivity contribution in [1.82, 2.24) is 10.3 Å². The van der Waals surface area contributed by atoms with E-state index in [0.717, 1.165) is 5.56 Å². The van der Waals surface area contributed by atoms with Crippen molar-refractivity contribution in [1.29, 1.82) is 0 Å². The first-order chi connectivity index (χ1) is 10.1. The second-order valence-electron chi connectivity index (χ2n) is 4.41. The van der Waals surface area contributed by atoms with Crippen LogP contribution in [-0.2, 0) is 11.3 Å². The summed E-state index contributed by atoms with van der Waals surface area (Å²) in [5.41, 5.74) is 0.919. The smallest absolute Gasteiger partial charge is 0.261 e. The van der Waals surface area contributed by atoms with Gasteiger partial charge in [0, 0.05) is 24.0 Å². The quantitative estimate of drug-likeness (QED) is 0.916. The monoisotopic (exact) mass is 324 g/mol. The van der Waals surface area contributed by atoms with Crippen LogP contribution >= 0.6 is 23.2 Å². The Morgan fingerprint density at radius 1 is 1.38 bits per heavy atom. The number of carbonyl (C=O) groups is 1. The van der Waals surface area contributed by atoms with Gasteiger partial charge in [0.25, 0.3) is 5.91 Å². The highest BCUT2D eigenvalue weighted by Gasteiger charge is 2.15. The van der Waals surface area contributed by atoms with Gasteiger partial charge < -0.3 is 10.1 Å². The van der Waals surface area contributed by atoms with Crippen LogP contribution in [0.4, 0.5) is 0 Å². The number of rotatable bonds is 5. The number of benzene rings is 1. The van der Waals surface area contributed by atoms with Crippen LogP contribution in [0.2, 0.25) is 10.0 Å². The molecule has 21 heavy (non-hydrogen) atoms. The molecular weight excluding hydrogens is 311 g/mol. The van der Waals surface area contributed by atoms with Gasteiger partial charge in [-0.3, -0.25) is 9.78 Å². The highest BCUT2D eigenvalue weighted by atomic mass is 35.5. The van der Waals surface area contributed by atoms with Gasteiger partial charge in [-0.25, -0.2) is 0 Å². The molecule has 1 aromatic heterocycles. The number of halogens is 2. The number of ether oxygens (including phenoxy) is 1. The van der Waals surface area contributed by atoms with Crippen LogP contribution in [0.1, 0.15) is 12.5 Å². The lowest BCUT2D eigenvalue weighted by molar-refractivity contribution is -0.127. The molecule has 1 aromatic carbocycles. The molecule has 0 unspecified atom stereocenters. The number of nitrogens with zero attached hydrogens (tertiary/aromatic N) is 1. The minimum Gasteiger partial charge on any atom is -0.479 e. The molecule has 0 fully saturated rings. The van der Waals surface area contributed by atoms with E-state index in [1.165, 1.54) is 0 Å². The Bertz CT molecular complexity index is 620. The Hall–Kier alpha value is -1.78. The van der Waals surface area contributed by atoms with E-state index in [-0.39, 0.29) is 5.91 Å². The lowest BCUT2D eigenvalue weighted by atomic mass is 10.2. The summed E-state index contributed by atoms with van der Waals surface area (Å²) in [6, 6.07) is 8.56. The van der Waals surface area contributed by atoms with E-state index in [1.807, 2.05) is 12.1 Å². The number of nitrogens with one attached hydrogen (secondary N) is 1. The van der Waals surface area contributed by atoms with E-state index in [1.54, 1.807) is 37.5 Å². The molecule has 0 radical (unpaired) electrons. The van der Waals surface area contributed by atoms with Gasteiger partial charge in [-0.05, 0) is 36.8 Å². The Balaban J connectivity index is 1.90. The molecule has 0 saturated carbocycles. The maximum absolute atomic E-state index is 12.0. The fourth-order valence-electron chi connectivity index (χ4n) is 1.65. The summed E-state index contributed by atoms with van der Waals surface area (Å²) < 4.78 is 5.53. The zero-order valence-electron chi connectivity index (χ0n) is 11.3. The van der Waals surface area contributed by atoms with E-state index in [2.05, 4.69) is 10.3 Å². The molecule has 1 atom stereocenters. The van der Waals surface area contributed by atoms with E-state index < -0.39 is 6.10 Å². The van der Waals surface area contributed by atoms with Crippen molar-refractivity contribution < 1.29 is 9.53 Å². The third-order valence-electron chi connectivity index (χ3n) is 2.76. The molecule has 4 nitrogen and oxygen atoms in total. The van der Waals surface area contributed by atoms with Crippen LogP contribution < -0.4 is 10.1 Å². The molecule has 0 spiro atoms. The molecule has 0 aliphatic heterocycles. The highest BCUT2D eigenvalue weighted by Crippen LogP contribution is 2.28. The summed E-state index contributed by atoms with van der Waals surface area (Å²) in [5, 5.41) is 3.66. The van der Waals surface area contributed by atoms with E-state index in [4.69, 9.17) is 27.9 Å². The number of aromatic nitrogens is 1. The van der Waals surface area contributed by atoms with Gasteiger partial charge in [0.2, 0.25) is 0 Å². The molecule has 1 heterocycles. The third kappa shape index (κ3) is 4.62. The van der Waals surface area contributed by atoms with Crippen molar-refractivity contribution in [3.63, 3.8) is 0 Å². The van der Waals surface area contributed by atoms with Crippen molar-refractivity contribution in [2.24, 2.45) is 0 Å². The summed E-state index contributed by atoms with van der Waals surface area (Å²) >= 11 is 11.8. The molecule has 1 N–H and O–H groups in total. The van der Waals surface area contributed by atoms with Gasteiger partial charge in [-0.15, -0.1) is 0 Å². The first-order valence-corrected chi connectivity index (χ1v) is 7.10. The van der Waals surface area contributed by atoms with Gasteiger partial charge in [0.05, 0.1) is 5.02 Å². The van der Waals surface area contributed by atoms with Gasteiger partial charge in [-0.2, -0.15) is 0 Å². The normalized spacial score (nSPS) is 11.8. The highest BCUT2D eigenvalue weighted by molar-refractivity contribution is 6.35. The topological polar surface area (TPSA) is 51.2 Å². The molecule has 2 rings (SSSR count). The minimum atomic E-state index is -0.666. The molecule has 2 aromatic rings. The predicted octanol–water partition coefficient (Wildman–Crippen LogP) is 3.47. The lowest BCUT2D eigenvalue weighted by Gasteiger charge is -2.15. The zero-order valence-corrected chi connectivity index (χ0v) is 12.9. The summed E-state index contributed by atoms with van der Waals surface area (Å²) in [6.07, 6.45) is 2.71. The van der Waals surface area contributed by atoms with Crippen LogP contribution in [0, 0.1) is 0 Å². The fourth-order valence-corrected chi connectivity index (χ4v) is 2.10. The summed E-state index contributed by atoms with van der Waals surface area (Å²) in [5.74, 6) is 0.190. The molecule has 0 bridgehead atoms. The minimum absolute atomic E-state index is 0.232. The molecule has 0 aliphatic carbocycles. The Morgan fingerprint density at radius 2 is 2.19 bits per heavy atom. The summed E-state index contributed by atoms with van der Waals surface area (Å²) in [4.78, 5) is 16.0. The van der Waals surface area contributed by atoms with Crippen molar-refractivity contribution in [2.45, 2.75) is 19.6 Å². The molecule has 1 amide bonds. The van der Waals surface area contributed by atoms with E-state index in [0.29, 0.717) is 22.3 Å². The van der Waals surface area contributed by atoms with Crippen LogP contribution in [-0.4, -0.2) is 17.0 Å². The zero-order chi connectivity index (χ0) is 15.2. The van der Waals surface area contributed by atoms with Gasteiger partial charge >= 0.3 is 0 Å². The largest absolute Gasteiger partial charge is 0.479 e. The molecule has 0 saturated heterocycles. The second kappa shape index (κ2) is 7.29. The van der Waals surface area contributed by atoms with Crippen LogP contribution in [0.25, 0.3) is 0 Å². The first kappa shape index (κ1) is 15.6. The van der Waals surface area contributed by atoms with Crippen molar-refractivity contribution in [3.8, 4) is 5.75 Å². The number of carbonyl (C=O) groups excluding carboxylic acids is 1. The van der Waals surface area contributed by atoms with Gasteiger partial charge in [0.1, 0.15) is 5.75 Å². The Labute approximate surface area is 133 Å². The van der Waals surface area contributed by atoms with Crippen molar-refractivity contribution in [2.75, 3.05) is 0 Å². The molecular formula is C15H14Cl2N2O2. The predicted molar refractivity (Wildman–Crippen MR) is 82.6 cm³/mol. The van der Waals surface area contributed by atoms with Crippen LogP contribution in [0.3, 0.4) is 0 Å². The number of pyridine rings is 1. The van der Waals surface area contributed by atoms with Crippen molar-refractivity contribution >= 4 is 29.1 Å². The maximum atomic E-state index is 12.0. The molecule has 0 aliphatic rings. The van der Waals surface area contributed by atoms with Crippen LogP contribution in [0.5, 0.6) is 5.75 Å². The number of hydrogen-bond acceptors (Lipinski definition) is 3. The lowest BCUT2D eigenvalue weighted by Crippen LogP contribution is -2.35. The summed E-state index contributed by atoms with van der Waals surface area (Å²) in [6.45, 7) is 2.05. The first-order valence-electron chi connectivity index (χ1n) is 6.34. The standard InChI is InChI=1S/C15H14Cl2N2O2/c1-10(21-14-5-4-12(16)7-13(14)17)15(20)19-9-11-3-2-6-18-8-11/h2-8,10H,9H2,1H3,(H,19,20)/t10-/m0/s1. The molecule has 110 valence electrons. The number of hydrogen-bond donors (Lipinski definition) is 1.